The summed E-state index contributed by atoms with van der Waals surface area (Å²) in [7, 11) is -3.45. The van der Waals surface area contributed by atoms with E-state index in [0.717, 1.165) is 5.69 Å². The Labute approximate surface area is 148 Å². The number of halogens is 1. The maximum Gasteiger partial charge on any atom is 0.243 e. The van der Waals surface area contributed by atoms with Gasteiger partial charge in [-0.15, -0.1) is 0 Å². The van der Waals surface area contributed by atoms with E-state index in [-0.39, 0.29) is 0 Å². The summed E-state index contributed by atoms with van der Waals surface area (Å²) in [6.07, 6.45) is 0. The van der Waals surface area contributed by atoms with E-state index >= 15 is 0 Å². The van der Waals surface area contributed by atoms with Crippen LogP contribution in [0.3, 0.4) is 0 Å². The predicted molar refractivity (Wildman–Crippen MR) is 98.3 cm³/mol. The minimum atomic E-state index is -3.45. The lowest BCUT2D eigenvalue weighted by molar-refractivity contribution is 0.385. The topological polar surface area (TPSA) is 40.6 Å². The van der Waals surface area contributed by atoms with Gasteiger partial charge in [0.1, 0.15) is 0 Å². The number of rotatable bonds is 3. The van der Waals surface area contributed by atoms with Crippen molar-refractivity contribution in [3.8, 4) is 0 Å². The predicted octanol–water partition coefficient (Wildman–Crippen LogP) is 3.47. The maximum atomic E-state index is 12.7. The van der Waals surface area contributed by atoms with Gasteiger partial charge in [-0.2, -0.15) is 4.31 Å². The highest BCUT2D eigenvalue weighted by Crippen LogP contribution is 2.23. The Bertz CT molecular complexity index is 827. The summed E-state index contributed by atoms with van der Waals surface area (Å²) in [4.78, 5) is 2.53. The van der Waals surface area contributed by atoms with Gasteiger partial charge in [-0.3, -0.25) is 0 Å². The first-order valence-corrected chi connectivity index (χ1v) is 9.77. The molecule has 0 radical (unpaired) electrons. The Kier molecular flexibility index (Phi) is 4.85. The number of anilines is 1. The van der Waals surface area contributed by atoms with Crippen molar-refractivity contribution in [1.29, 1.82) is 0 Å². The zero-order valence-corrected chi connectivity index (χ0v) is 15.4. The van der Waals surface area contributed by atoms with Gasteiger partial charge in [0.25, 0.3) is 0 Å². The Balaban J connectivity index is 1.72. The minimum absolute atomic E-state index is 0.298. The van der Waals surface area contributed by atoms with E-state index in [2.05, 4.69) is 36.9 Å². The van der Waals surface area contributed by atoms with Crippen LogP contribution in [0, 0.1) is 13.8 Å². The summed E-state index contributed by atoms with van der Waals surface area (Å²) < 4.78 is 27.0. The van der Waals surface area contributed by atoms with Crippen LogP contribution >= 0.6 is 11.6 Å². The van der Waals surface area contributed by atoms with Gasteiger partial charge in [0, 0.05) is 36.9 Å². The van der Waals surface area contributed by atoms with Crippen molar-refractivity contribution in [3.63, 3.8) is 0 Å². The van der Waals surface area contributed by atoms with Gasteiger partial charge in [0.2, 0.25) is 10.0 Å². The Morgan fingerprint density at radius 2 is 1.50 bits per heavy atom. The van der Waals surface area contributed by atoms with E-state index in [1.165, 1.54) is 11.1 Å². The third-order valence-electron chi connectivity index (χ3n) is 4.55. The van der Waals surface area contributed by atoms with Crippen molar-refractivity contribution in [1.82, 2.24) is 4.31 Å². The minimum Gasteiger partial charge on any atom is -0.369 e. The summed E-state index contributed by atoms with van der Waals surface area (Å²) in [6, 6.07) is 12.7. The van der Waals surface area contributed by atoms with Crippen LogP contribution in [0.4, 0.5) is 5.69 Å². The molecule has 24 heavy (non-hydrogen) atoms. The number of piperazine rings is 1. The van der Waals surface area contributed by atoms with Crippen LogP contribution in [0.25, 0.3) is 0 Å². The molecule has 1 fully saturated rings. The van der Waals surface area contributed by atoms with Gasteiger partial charge < -0.3 is 4.90 Å². The Morgan fingerprint density at radius 1 is 0.875 bits per heavy atom. The van der Waals surface area contributed by atoms with Crippen molar-refractivity contribution in [2.75, 3.05) is 31.1 Å². The second-order valence-electron chi connectivity index (χ2n) is 6.11. The largest absolute Gasteiger partial charge is 0.369 e. The van der Waals surface area contributed by atoms with Crippen LogP contribution in [0.2, 0.25) is 5.02 Å². The molecule has 3 rings (SSSR count). The molecule has 0 N–H and O–H groups in total. The Hall–Kier alpha value is -1.56. The molecule has 0 amide bonds. The highest BCUT2D eigenvalue weighted by atomic mass is 35.5. The summed E-state index contributed by atoms with van der Waals surface area (Å²) in [5.41, 5.74) is 3.67. The molecule has 0 unspecified atom stereocenters. The van der Waals surface area contributed by atoms with E-state index in [9.17, 15) is 8.42 Å². The van der Waals surface area contributed by atoms with Crippen LogP contribution < -0.4 is 4.90 Å². The van der Waals surface area contributed by atoms with Crippen molar-refractivity contribution in [2.45, 2.75) is 18.7 Å². The first-order valence-electron chi connectivity index (χ1n) is 7.96. The zero-order valence-electron chi connectivity index (χ0n) is 13.9. The van der Waals surface area contributed by atoms with E-state index in [1.807, 2.05) is 0 Å². The monoisotopic (exact) mass is 364 g/mol. The zero-order chi connectivity index (χ0) is 17.3. The van der Waals surface area contributed by atoms with Crippen molar-refractivity contribution in [3.05, 3.63) is 58.6 Å². The van der Waals surface area contributed by atoms with Crippen LogP contribution in [0.15, 0.2) is 47.4 Å². The number of hydrogen-bond donors (Lipinski definition) is 0. The van der Waals surface area contributed by atoms with Crippen molar-refractivity contribution in [2.24, 2.45) is 0 Å². The highest BCUT2D eigenvalue weighted by molar-refractivity contribution is 7.89. The molecule has 4 nitrogen and oxygen atoms in total. The molecule has 1 aliphatic heterocycles. The number of hydrogen-bond acceptors (Lipinski definition) is 3. The Morgan fingerprint density at radius 3 is 2.08 bits per heavy atom. The van der Waals surface area contributed by atoms with Gasteiger partial charge >= 0.3 is 0 Å². The molecule has 0 atom stereocenters. The highest BCUT2D eigenvalue weighted by Gasteiger charge is 2.28. The third kappa shape index (κ3) is 3.43. The molecule has 2 aromatic carbocycles. The molecule has 1 saturated heterocycles. The smallest absolute Gasteiger partial charge is 0.243 e. The molecule has 0 aliphatic carbocycles. The van der Waals surface area contributed by atoms with E-state index in [1.54, 1.807) is 28.6 Å². The van der Waals surface area contributed by atoms with Crippen molar-refractivity contribution >= 4 is 27.3 Å². The quantitative estimate of drug-likeness (QED) is 0.837. The third-order valence-corrected chi connectivity index (χ3v) is 6.71. The molecule has 128 valence electrons. The van der Waals surface area contributed by atoms with Gasteiger partial charge in [0.15, 0.2) is 0 Å². The fraction of sp³-hybridized carbons (Fsp3) is 0.333. The number of sulfonamides is 1. The summed E-state index contributed by atoms with van der Waals surface area (Å²) >= 11 is 5.84. The normalized spacial score (nSPS) is 16.4. The van der Waals surface area contributed by atoms with Crippen LogP contribution in [0.5, 0.6) is 0 Å². The summed E-state index contributed by atoms with van der Waals surface area (Å²) in [6.45, 7) is 6.54. The number of benzene rings is 2. The SMILES string of the molecule is Cc1ccc(N2CCN(S(=O)(=O)c3ccc(Cl)cc3)CC2)cc1C. The van der Waals surface area contributed by atoms with Gasteiger partial charge in [-0.1, -0.05) is 17.7 Å². The second-order valence-corrected chi connectivity index (χ2v) is 8.49. The molecule has 0 bridgehead atoms. The fourth-order valence-electron chi connectivity index (χ4n) is 2.86. The van der Waals surface area contributed by atoms with Gasteiger partial charge in [-0.25, -0.2) is 8.42 Å². The van der Waals surface area contributed by atoms with Crippen LogP contribution in [0.1, 0.15) is 11.1 Å². The lowest BCUT2D eigenvalue weighted by Gasteiger charge is -2.35. The molecular formula is C18H21ClN2O2S. The second kappa shape index (κ2) is 6.75. The van der Waals surface area contributed by atoms with E-state index in [4.69, 9.17) is 11.6 Å². The lowest BCUT2D eigenvalue weighted by Crippen LogP contribution is -2.48. The van der Waals surface area contributed by atoms with Crippen molar-refractivity contribution < 1.29 is 8.42 Å². The van der Waals surface area contributed by atoms with Gasteiger partial charge in [-0.05, 0) is 61.4 Å². The standard InChI is InChI=1S/C18H21ClN2O2S/c1-14-3-6-17(13-15(14)2)20-9-11-21(12-10-20)24(22,23)18-7-4-16(19)5-8-18/h3-8,13H,9-12H2,1-2H3. The fourth-order valence-corrected chi connectivity index (χ4v) is 4.41. The number of nitrogens with zero attached hydrogens (tertiary/aromatic N) is 2. The molecule has 0 saturated carbocycles. The maximum absolute atomic E-state index is 12.7. The average molecular weight is 365 g/mol. The molecule has 0 aromatic heterocycles. The molecule has 2 aromatic rings. The molecule has 0 spiro atoms. The lowest BCUT2D eigenvalue weighted by atomic mass is 10.1. The van der Waals surface area contributed by atoms with E-state index < -0.39 is 10.0 Å². The van der Waals surface area contributed by atoms with Crippen LogP contribution in [-0.2, 0) is 10.0 Å². The molecule has 1 aliphatic rings. The molecule has 6 heteroatoms. The summed E-state index contributed by atoms with van der Waals surface area (Å²) in [5.74, 6) is 0. The molecule has 1 heterocycles. The first kappa shape index (κ1) is 17.3. The summed E-state index contributed by atoms with van der Waals surface area (Å²) in [5, 5.41) is 0.536. The molecular weight excluding hydrogens is 344 g/mol. The van der Waals surface area contributed by atoms with Gasteiger partial charge in [0.05, 0.1) is 4.90 Å². The first-order chi connectivity index (χ1) is 11.4. The van der Waals surface area contributed by atoms with Crippen LogP contribution in [-0.4, -0.2) is 38.9 Å². The average Bonchev–Trinajstić information content (AvgIpc) is 2.58. The van der Waals surface area contributed by atoms with E-state index in [0.29, 0.717) is 36.1 Å². The number of aryl methyl sites for hydroxylation is 2.